The van der Waals surface area contributed by atoms with Crippen LogP contribution in [0.1, 0.15) is 68.7 Å². The molecule has 0 radical (unpaired) electrons. The second kappa shape index (κ2) is 7.79. The summed E-state index contributed by atoms with van der Waals surface area (Å²) in [5, 5.41) is 18.9. The van der Waals surface area contributed by atoms with E-state index in [1.54, 1.807) is 4.68 Å². The molecule has 2 N–H and O–H groups in total. The Morgan fingerprint density at radius 1 is 1.19 bits per heavy atom. The summed E-state index contributed by atoms with van der Waals surface area (Å²) in [6, 6.07) is 2.47. The number of hydrogen-bond donors (Lipinski definition) is 2. The van der Waals surface area contributed by atoms with Crippen molar-refractivity contribution in [2.75, 3.05) is 19.8 Å². The topological polar surface area (TPSA) is 76.4 Å². The molecule has 0 spiro atoms. The fourth-order valence-corrected chi connectivity index (χ4v) is 4.63. The Balaban J connectivity index is 1.33. The van der Waals surface area contributed by atoms with Gasteiger partial charge in [-0.3, -0.25) is 4.79 Å². The van der Waals surface area contributed by atoms with Crippen LogP contribution in [0.5, 0.6) is 0 Å². The molecule has 1 aromatic rings. The van der Waals surface area contributed by atoms with Gasteiger partial charge in [-0.15, -0.1) is 0 Å². The first-order chi connectivity index (χ1) is 12.6. The van der Waals surface area contributed by atoms with E-state index in [-0.39, 0.29) is 11.6 Å². The third-order valence-electron chi connectivity index (χ3n) is 6.42. The lowest BCUT2D eigenvalue weighted by Gasteiger charge is -2.36. The smallest absolute Gasteiger partial charge is 0.267 e. The van der Waals surface area contributed by atoms with Crippen molar-refractivity contribution in [1.29, 1.82) is 0 Å². The first-order valence-corrected chi connectivity index (χ1v) is 10.3. The molecule has 0 amide bonds. The SMILES string of the molecule is O=c1cc2c(nn1C1CCC(NCC3(O)CCOCC3)CC1)CCCC2. The summed E-state index contributed by atoms with van der Waals surface area (Å²) in [5.74, 6) is 0. The predicted octanol–water partition coefficient (Wildman–Crippen LogP) is 1.74. The van der Waals surface area contributed by atoms with Crippen LogP contribution in [0.15, 0.2) is 10.9 Å². The van der Waals surface area contributed by atoms with E-state index >= 15 is 0 Å². The summed E-state index contributed by atoms with van der Waals surface area (Å²) in [6.45, 7) is 1.94. The zero-order chi connectivity index (χ0) is 18.0. The van der Waals surface area contributed by atoms with Crippen molar-refractivity contribution in [3.05, 3.63) is 27.7 Å². The number of nitrogens with zero attached hydrogens (tertiary/aromatic N) is 2. The van der Waals surface area contributed by atoms with Crippen LogP contribution in [-0.4, -0.2) is 46.3 Å². The summed E-state index contributed by atoms with van der Waals surface area (Å²) < 4.78 is 7.10. The molecule has 2 aliphatic carbocycles. The van der Waals surface area contributed by atoms with Gasteiger partial charge in [0.15, 0.2) is 0 Å². The normalized spacial score (nSPS) is 28.5. The molecule has 6 nitrogen and oxygen atoms in total. The first-order valence-electron chi connectivity index (χ1n) is 10.3. The van der Waals surface area contributed by atoms with Crippen molar-refractivity contribution < 1.29 is 9.84 Å². The molecule has 4 rings (SSSR count). The largest absolute Gasteiger partial charge is 0.388 e. The summed E-state index contributed by atoms with van der Waals surface area (Å²) >= 11 is 0. The Hall–Kier alpha value is -1.24. The highest BCUT2D eigenvalue weighted by Crippen LogP contribution is 2.29. The van der Waals surface area contributed by atoms with Gasteiger partial charge in [0.25, 0.3) is 5.56 Å². The molecule has 1 aliphatic heterocycles. The molecule has 0 aromatic carbocycles. The third kappa shape index (κ3) is 4.02. The van der Waals surface area contributed by atoms with Crippen LogP contribution in [0.2, 0.25) is 0 Å². The molecule has 1 saturated carbocycles. The van der Waals surface area contributed by atoms with Crippen LogP contribution < -0.4 is 10.9 Å². The highest BCUT2D eigenvalue weighted by atomic mass is 16.5. The van der Waals surface area contributed by atoms with Gasteiger partial charge in [-0.2, -0.15) is 5.10 Å². The fourth-order valence-electron chi connectivity index (χ4n) is 4.63. The highest BCUT2D eigenvalue weighted by Gasteiger charge is 2.31. The van der Waals surface area contributed by atoms with E-state index in [0.29, 0.717) is 38.6 Å². The van der Waals surface area contributed by atoms with Crippen molar-refractivity contribution in [1.82, 2.24) is 15.1 Å². The third-order valence-corrected chi connectivity index (χ3v) is 6.42. The van der Waals surface area contributed by atoms with Crippen LogP contribution in [0.3, 0.4) is 0 Å². The number of aromatic nitrogens is 2. The second-order valence-electron chi connectivity index (χ2n) is 8.33. The lowest BCUT2D eigenvalue weighted by atomic mass is 9.89. The summed E-state index contributed by atoms with van der Waals surface area (Å²) in [6.07, 6.45) is 9.81. The van der Waals surface area contributed by atoms with Gasteiger partial charge >= 0.3 is 0 Å². The van der Waals surface area contributed by atoms with Gasteiger partial charge in [0.1, 0.15) is 0 Å². The molecular weight excluding hydrogens is 330 g/mol. The number of ether oxygens (including phenoxy) is 1. The Morgan fingerprint density at radius 3 is 2.69 bits per heavy atom. The van der Waals surface area contributed by atoms with Crippen LogP contribution >= 0.6 is 0 Å². The molecule has 3 aliphatic rings. The number of aliphatic hydroxyl groups is 1. The molecule has 2 fully saturated rings. The van der Waals surface area contributed by atoms with E-state index in [1.165, 1.54) is 12.8 Å². The highest BCUT2D eigenvalue weighted by molar-refractivity contribution is 5.20. The molecule has 2 heterocycles. The Morgan fingerprint density at radius 2 is 1.92 bits per heavy atom. The number of aryl methyl sites for hydroxylation is 2. The van der Waals surface area contributed by atoms with Crippen molar-refractivity contribution in [2.45, 2.75) is 81.9 Å². The lowest BCUT2D eigenvalue weighted by Crippen LogP contribution is -2.48. The second-order valence-corrected chi connectivity index (χ2v) is 8.33. The van der Waals surface area contributed by atoms with E-state index in [0.717, 1.165) is 49.8 Å². The van der Waals surface area contributed by atoms with Crippen LogP contribution in [0, 0.1) is 0 Å². The van der Waals surface area contributed by atoms with Gasteiger partial charge in [-0.25, -0.2) is 4.68 Å². The van der Waals surface area contributed by atoms with Crippen LogP contribution in [0.25, 0.3) is 0 Å². The zero-order valence-electron chi connectivity index (χ0n) is 15.6. The Labute approximate surface area is 154 Å². The zero-order valence-corrected chi connectivity index (χ0v) is 15.6. The molecule has 144 valence electrons. The summed E-state index contributed by atoms with van der Waals surface area (Å²) in [4.78, 5) is 12.5. The van der Waals surface area contributed by atoms with Crippen molar-refractivity contribution in [2.24, 2.45) is 0 Å². The standard InChI is InChI=1S/C20H31N3O3/c24-19-13-15-3-1-2-4-18(15)22-23(19)17-7-5-16(6-8-17)21-14-20(25)9-11-26-12-10-20/h13,16-17,21,25H,1-12,14H2. The van der Waals surface area contributed by atoms with Gasteiger partial charge in [-0.1, -0.05) is 0 Å². The lowest BCUT2D eigenvalue weighted by molar-refractivity contribution is -0.0633. The van der Waals surface area contributed by atoms with E-state index in [9.17, 15) is 9.90 Å². The van der Waals surface area contributed by atoms with Gasteiger partial charge < -0.3 is 15.2 Å². The molecule has 0 bridgehead atoms. The predicted molar refractivity (Wildman–Crippen MR) is 99.4 cm³/mol. The van der Waals surface area contributed by atoms with Crippen LogP contribution in [0.4, 0.5) is 0 Å². The quantitative estimate of drug-likeness (QED) is 0.854. The maximum atomic E-state index is 12.5. The average molecular weight is 361 g/mol. The molecule has 6 heteroatoms. The number of nitrogens with one attached hydrogen (secondary N) is 1. The van der Waals surface area contributed by atoms with Crippen LogP contribution in [-0.2, 0) is 17.6 Å². The number of fused-ring (bicyclic) bond motifs is 1. The minimum Gasteiger partial charge on any atom is -0.388 e. The van der Waals surface area contributed by atoms with Gasteiger partial charge in [-0.05, 0) is 56.9 Å². The minimum absolute atomic E-state index is 0.0681. The summed E-state index contributed by atoms with van der Waals surface area (Å²) in [7, 11) is 0. The molecular formula is C20H31N3O3. The van der Waals surface area contributed by atoms with Crippen molar-refractivity contribution in [3.63, 3.8) is 0 Å². The van der Waals surface area contributed by atoms with Gasteiger partial charge in [0.2, 0.25) is 0 Å². The maximum Gasteiger partial charge on any atom is 0.267 e. The molecule has 0 atom stereocenters. The molecule has 0 unspecified atom stereocenters. The van der Waals surface area contributed by atoms with E-state index in [4.69, 9.17) is 9.84 Å². The van der Waals surface area contributed by atoms with Gasteiger partial charge in [0.05, 0.1) is 17.3 Å². The molecule has 1 saturated heterocycles. The minimum atomic E-state index is -0.619. The first kappa shape index (κ1) is 18.1. The Bertz CT molecular complexity index is 673. The van der Waals surface area contributed by atoms with Gasteiger partial charge in [0, 0.05) is 44.7 Å². The summed E-state index contributed by atoms with van der Waals surface area (Å²) in [5.41, 5.74) is 1.75. The fraction of sp³-hybridized carbons (Fsp3) is 0.800. The number of hydrogen-bond acceptors (Lipinski definition) is 5. The van der Waals surface area contributed by atoms with E-state index < -0.39 is 5.60 Å². The monoisotopic (exact) mass is 361 g/mol. The Kier molecular flexibility index (Phi) is 5.43. The molecule has 1 aromatic heterocycles. The van der Waals surface area contributed by atoms with E-state index in [2.05, 4.69) is 5.32 Å². The maximum absolute atomic E-state index is 12.5. The van der Waals surface area contributed by atoms with Crippen molar-refractivity contribution >= 4 is 0 Å². The van der Waals surface area contributed by atoms with Crippen molar-refractivity contribution in [3.8, 4) is 0 Å². The molecule has 26 heavy (non-hydrogen) atoms. The van der Waals surface area contributed by atoms with E-state index in [1.807, 2.05) is 6.07 Å². The number of rotatable bonds is 4. The average Bonchev–Trinajstić information content (AvgIpc) is 2.67.